The fraction of sp³-hybridized carbons (Fsp3) is 0.500. The molecule has 6 heteroatoms. The highest BCUT2D eigenvalue weighted by Crippen LogP contribution is 2.67. The molecule has 3 aliphatic rings. The first-order valence-corrected chi connectivity index (χ1v) is 9.41. The summed E-state index contributed by atoms with van der Waals surface area (Å²) in [6.45, 7) is 6.22. The molecule has 1 spiro atoms. The van der Waals surface area contributed by atoms with Crippen LogP contribution in [0.2, 0.25) is 0 Å². The third-order valence-electron chi connectivity index (χ3n) is 6.66. The van der Waals surface area contributed by atoms with Gasteiger partial charge in [0, 0.05) is 23.3 Å². The van der Waals surface area contributed by atoms with Crippen LogP contribution in [0.1, 0.15) is 31.2 Å². The van der Waals surface area contributed by atoms with E-state index in [1.807, 2.05) is 18.2 Å². The maximum Gasteiger partial charge on any atom is 0.203 e. The van der Waals surface area contributed by atoms with E-state index in [1.54, 1.807) is 27.4 Å². The van der Waals surface area contributed by atoms with Crippen molar-refractivity contribution in [2.45, 2.75) is 31.3 Å². The van der Waals surface area contributed by atoms with Gasteiger partial charge >= 0.3 is 0 Å². The maximum absolute atomic E-state index is 13.3. The van der Waals surface area contributed by atoms with Crippen molar-refractivity contribution in [3.63, 3.8) is 0 Å². The average molecular weight is 386 g/mol. The molecule has 2 fully saturated rings. The molecular formula is C22H26O6. The Labute approximate surface area is 165 Å². The van der Waals surface area contributed by atoms with Crippen molar-refractivity contribution in [1.82, 2.24) is 0 Å². The molecule has 0 radical (unpaired) electrons. The normalized spacial score (nSPS) is 33.0. The minimum Gasteiger partial charge on any atom is -0.493 e. The summed E-state index contributed by atoms with van der Waals surface area (Å²) in [5.74, 6) is 2.30. The maximum atomic E-state index is 13.3. The second kappa shape index (κ2) is 6.55. The van der Waals surface area contributed by atoms with Crippen LogP contribution in [-0.2, 0) is 14.3 Å². The molecule has 1 aromatic rings. The first kappa shape index (κ1) is 18.9. The number of ether oxygens (including phenoxy) is 5. The highest BCUT2D eigenvalue weighted by Gasteiger charge is 2.68. The van der Waals surface area contributed by atoms with Crippen molar-refractivity contribution in [3.05, 3.63) is 42.2 Å². The lowest BCUT2D eigenvalue weighted by Gasteiger charge is -2.35. The lowest BCUT2D eigenvalue weighted by molar-refractivity contribution is -0.126. The zero-order valence-corrected chi connectivity index (χ0v) is 16.7. The lowest BCUT2D eigenvalue weighted by Crippen LogP contribution is -2.39. The molecule has 28 heavy (non-hydrogen) atoms. The van der Waals surface area contributed by atoms with E-state index in [4.69, 9.17) is 23.7 Å². The number of allylic oxidation sites excluding steroid dienone is 2. The van der Waals surface area contributed by atoms with Crippen molar-refractivity contribution in [2.24, 2.45) is 11.3 Å². The van der Waals surface area contributed by atoms with E-state index in [-0.39, 0.29) is 24.4 Å². The van der Waals surface area contributed by atoms with E-state index in [2.05, 4.69) is 13.5 Å². The quantitative estimate of drug-likeness (QED) is 0.696. The Morgan fingerprint density at radius 1 is 1.21 bits per heavy atom. The van der Waals surface area contributed by atoms with Gasteiger partial charge in [0.05, 0.1) is 21.3 Å². The first-order chi connectivity index (χ1) is 13.5. The summed E-state index contributed by atoms with van der Waals surface area (Å²) in [6, 6.07) is 3.88. The molecule has 1 saturated heterocycles. The third kappa shape index (κ3) is 2.27. The first-order valence-electron chi connectivity index (χ1n) is 9.41. The van der Waals surface area contributed by atoms with Gasteiger partial charge in [0.1, 0.15) is 11.4 Å². The Balaban J connectivity index is 1.92. The van der Waals surface area contributed by atoms with Crippen molar-refractivity contribution >= 4 is 5.78 Å². The van der Waals surface area contributed by atoms with E-state index >= 15 is 0 Å². The third-order valence-corrected chi connectivity index (χ3v) is 6.66. The molecule has 4 rings (SSSR count). The Morgan fingerprint density at radius 2 is 1.89 bits per heavy atom. The smallest absolute Gasteiger partial charge is 0.203 e. The fourth-order valence-electron chi connectivity index (χ4n) is 5.49. The Hall–Kier alpha value is -2.47. The molecule has 2 aliphatic carbocycles. The number of carbonyl (C=O) groups is 1. The molecule has 0 N–H and O–H groups in total. The molecule has 1 heterocycles. The number of ketones is 1. The summed E-state index contributed by atoms with van der Waals surface area (Å²) in [5.41, 5.74) is -0.260. The molecule has 0 amide bonds. The van der Waals surface area contributed by atoms with Crippen molar-refractivity contribution in [2.75, 3.05) is 28.1 Å². The van der Waals surface area contributed by atoms with Gasteiger partial charge in [-0.1, -0.05) is 13.0 Å². The summed E-state index contributed by atoms with van der Waals surface area (Å²) < 4.78 is 28.4. The van der Waals surface area contributed by atoms with Crippen LogP contribution in [-0.4, -0.2) is 39.5 Å². The number of benzene rings is 1. The van der Waals surface area contributed by atoms with E-state index in [0.717, 1.165) is 5.56 Å². The summed E-state index contributed by atoms with van der Waals surface area (Å²) in [7, 11) is 4.76. The Morgan fingerprint density at radius 3 is 2.46 bits per heavy atom. The van der Waals surface area contributed by atoms with Crippen LogP contribution in [0.25, 0.3) is 0 Å². The van der Waals surface area contributed by atoms with Crippen molar-refractivity contribution in [1.29, 1.82) is 0 Å². The minimum atomic E-state index is -0.636. The highest BCUT2D eigenvalue weighted by atomic mass is 16.7. The largest absolute Gasteiger partial charge is 0.493 e. The van der Waals surface area contributed by atoms with Crippen LogP contribution >= 0.6 is 0 Å². The van der Waals surface area contributed by atoms with Gasteiger partial charge in [-0.3, -0.25) is 4.79 Å². The average Bonchev–Trinajstić information content (AvgIpc) is 3.20. The predicted octanol–water partition coefficient (Wildman–Crippen LogP) is 3.61. The Bertz CT molecular complexity index is 834. The van der Waals surface area contributed by atoms with Crippen LogP contribution in [0.3, 0.4) is 0 Å². The van der Waals surface area contributed by atoms with E-state index in [9.17, 15) is 4.79 Å². The summed E-state index contributed by atoms with van der Waals surface area (Å²) in [5, 5.41) is 0. The van der Waals surface area contributed by atoms with Crippen molar-refractivity contribution in [3.8, 4) is 17.2 Å². The zero-order valence-electron chi connectivity index (χ0n) is 16.7. The second-order valence-electron chi connectivity index (χ2n) is 7.72. The van der Waals surface area contributed by atoms with Gasteiger partial charge in [0.15, 0.2) is 24.1 Å². The topological polar surface area (TPSA) is 63.2 Å². The predicted molar refractivity (Wildman–Crippen MR) is 103 cm³/mol. The van der Waals surface area contributed by atoms with Gasteiger partial charge in [-0.15, -0.1) is 6.58 Å². The minimum absolute atomic E-state index is 0.0236. The monoisotopic (exact) mass is 386 g/mol. The van der Waals surface area contributed by atoms with Crippen LogP contribution in [0.5, 0.6) is 17.2 Å². The van der Waals surface area contributed by atoms with Crippen LogP contribution in [0, 0.1) is 11.3 Å². The van der Waals surface area contributed by atoms with Gasteiger partial charge in [-0.05, 0) is 30.5 Å². The number of hydrogen-bond acceptors (Lipinski definition) is 6. The van der Waals surface area contributed by atoms with Gasteiger partial charge in [-0.2, -0.15) is 0 Å². The molecule has 150 valence electrons. The van der Waals surface area contributed by atoms with E-state index < -0.39 is 11.0 Å². The molecule has 0 unspecified atom stereocenters. The van der Waals surface area contributed by atoms with E-state index in [1.165, 1.54) is 0 Å². The molecule has 1 aromatic carbocycles. The fourth-order valence-corrected chi connectivity index (χ4v) is 5.49. The summed E-state index contributed by atoms with van der Waals surface area (Å²) in [4.78, 5) is 13.3. The van der Waals surface area contributed by atoms with Crippen LogP contribution in [0.4, 0.5) is 0 Å². The van der Waals surface area contributed by atoms with E-state index in [0.29, 0.717) is 35.8 Å². The Kier molecular flexibility index (Phi) is 4.42. The number of methoxy groups -OCH3 is 3. The van der Waals surface area contributed by atoms with Gasteiger partial charge in [-0.25, -0.2) is 0 Å². The molecule has 4 atom stereocenters. The molecule has 0 aromatic heterocycles. The molecule has 6 nitrogen and oxygen atoms in total. The number of fused-ring (bicyclic) bond motifs is 1. The van der Waals surface area contributed by atoms with Gasteiger partial charge in [0.2, 0.25) is 5.75 Å². The van der Waals surface area contributed by atoms with Crippen LogP contribution in [0.15, 0.2) is 36.6 Å². The van der Waals surface area contributed by atoms with Crippen LogP contribution < -0.4 is 14.2 Å². The molecule has 1 aliphatic heterocycles. The summed E-state index contributed by atoms with van der Waals surface area (Å²) >= 11 is 0. The number of hydrogen-bond donors (Lipinski definition) is 0. The van der Waals surface area contributed by atoms with Gasteiger partial charge < -0.3 is 23.7 Å². The molecule has 1 saturated carbocycles. The number of rotatable bonds is 6. The second-order valence-corrected chi connectivity index (χ2v) is 7.72. The lowest BCUT2D eigenvalue weighted by atomic mass is 9.67. The highest BCUT2D eigenvalue weighted by molar-refractivity contribution is 5.99. The van der Waals surface area contributed by atoms with Gasteiger partial charge in [0.25, 0.3) is 0 Å². The molecule has 2 bridgehead atoms. The zero-order chi connectivity index (χ0) is 20.1. The molecular weight excluding hydrogens is 360 g/mol. The SMILES string of the molecule is C=CC[C@@]12C[C@@]3(OCOC3=CC1=O)[C@@H](C)[C@@H]2c1cc(OC)c(OC)c(OC)c1. The standard InChI is InChI=1S/C22H26O6/c1-6-7-21-11-22(18(10-17(21)23)27-12-28-22)13(2)19(21)14-8-15(24-3)20(26-5)16(9-14)25-4/h6,8-10,13,19H,1,7,11-12H2,2-5H3/t13-,19+,21+,22+/m0/s1. The summed E-state index contributed by atoms with van der Waals surface area (Å²) in [6.07, 6.45) is 4.60. The van der Waals surface area contributed by atoms with Crippen molar-refractivity contribution < 1.29 is 28.5 Å². The number of carbonyl (C=O) groups excluding carboxylic acids is 1.